The third-order valence-corrected chi connectivity index (χ3v) is 2.65. The summed E-state index contributed by atoms with van der Waals surface area (Å²) in [5, 5.41) is 20.0. The Morgan fingerprint density at radius 1 is 0.952 bits per heavy atom. The molecular weight excluding hydrogens is 295 g/mol. The smallest absolute Gasteiger partial charge is 0.416 e. The van der Waals surface area contributed by atoms with Crippen molar-refractivity contribution in [1.82, 2.24) is 5.32 Å². The van der Waals surface area contributed by atoms with E-state index in [9.17, 15) is 27.6 Å². The highest BCUT2D eigenvalue weighted by molar-refractivity contribution is 6.06. The van der Waals surface area contributed by atoms with Crippen LogP contribution in [0, 0.1) is 0 Å². The second-order valence-electron chi connectivity index (χ2n) is 4.12. The van der Waals surface area contributed by atoms with E-state index >= 15 is 0 Å². The summed E-state index contributed by atoms with van der Waals surface area (Å²) in [5.74, 6) is -4.81. The third-order valence-electron chi connectivity index (χ3n) is 2.65. The van der Waals surface area contributed by atoms with Gasteiger partial charge in [-0.05, 0) is 12.1 Å². The van der Waals surface area contributed by atoms with Crippen molar-refractivity contribution in [1.29, 1.82) is 0 Å². The summed E-state index contributed by atoms with van der Waals surface area (Å²) in [7, 11) is 0. The van der Waals surface area contributed by atoms with Crippen LogP contribution in [0.4, 0.5) is 13.2 Å². The van der Waals surface area contributed by atoms with Crippen LogP contribution in [0.1, 0.15) is 18.1 Å². The molecule has 0 atom stereocenters. The molecule has 0 unspecified atom stereocenters. The monoisotopic (exact) mass is 305 g/mol. The summed E-state index contributed by atoms with van der Waals surface area (Å²) in [4.78, 5) is 33.6. The summed E-state index contributed by atoms with van der Waals surface area (Å²) in [5.41, 5.74) is -4.43. The van der Waals surface area contributed by atoms with Crippen LogP contribution in [-0.4, -0.2) is 28.1 Å². The minimum atomic E-state index is -4.65. The van der Waals surface area contributed by atoms with Crippen LogP contribution in [0.25, 0.3) is 0 Å². The summed E-state index contributed by atoms with van der Waals surface area (Å²) in [6, 6.07) is 2.47. The first kappa shape index (κ1) is 16.5. The molecule has 0 bridgehead atoms. The number of carbonyl (C=O) groups is 3. The van der Waals surface area contributed by atoms with Crippen molar-refractivity contribution in [3.8, 4) is 0 Å². The molecular formula is C12H10F3NO5. The molecule has 1 aromatic rings. The van der Waals surface area contributed by atoms with Crippen molar-refractivity contribution in [2.24, 2.45) is 0 Å². The number of hydrogen-bond donors (Lipinski definition) is 3. The van der Waals surface area contributed by atoms with Crippen LogP contribution >= 0.6 is 0 Å². The number of alkyl halides is 3. The molecule has 21 heavy (non-hydrogen) atoms. The normalized spacial score (nSPS) is 11.8. The van der Waals surface area contributed by atoms with Crippen molar-refractivity contribution in [2.75, 3.05) is 0 Å². The van der Waals surface area contributed by atoms with E-state index in [4.69, 9.17) is 10.2 Å². The summed E-state index contributed by atoms with van der Waals surface area (Å²) < 4.78 is 37.3. The van der Waals surface area contributed by atoms with Crippen LogP contribution in [0.15, 0.2) is 24.3 Å². The molecule has 0 radical (unpaired) electrons. The Labute approximate surface area is 116 Å². The van der Waals surface area contributed by atoms with Crippen LogP contribution in [0.5, 0.6) is 0 Å². The number of carbonyl (C=O) groups excluding carboxylic acids is 1. The van der Waals surface area contributed by atoms with Gasteiger partial charge in [-0.25, -0.2) is 9.59 Å². The summed E-state index contributed by atoms with van der Waals surface area (Å²) >= 11 is 0. The van der Waals surface area contributed by atoms with Gasteiger partial charge < -0.3 is 15.5 Å². The molecule has 0 fully saturated rings. The molecule has 0 saturated heterocycles. The van der Waals surface area contributed by atoms with E-state index in [0.717, 1.165) is 6.92 Å². The van der Waals surface area contributed by atoms with Crippen molar-refractivity contribution in [2.45, 2.75) is 18.6 Å². The van der Waals surface area contributed by atoms with Crippen molar-refractivity contribution in [3.05, 3.63) is 35.4 Å². The number of halogens is 3. The van der Waals surface area contributed by atoms with Crippen LogP contribution in [0.3, 0.4) is 0 Å². The summed E-state index contributed by atoms with van der Waals surface area (Å²) in [6.45, 7) is 0.894. The average Bonchev–Trinajstić information content (AvgIpc) is 2.34. The van der Waals surface area contributed by atoms with Gasteiger partial charge in [0.2, 0.25) is 5.91 Å². The maximum atomic E-state index is 12.4. The maximum absolute atomic E-state index is 12.4. The number of benzene rings is 1. The lowest BCUT2D eigenvalue weighted by Crippen LogP contribution is -2.56. The molecule has 1 aromatic carbocycles. The van der Waals surface area contributed by atoms with E-state index in [-0.39, 0.29) is 0 Å². The van der Waals surface area contributed by atoms with Crippen LogP contribution < -0.4 is 5.32 Å². The molecule has 0 spiro atoms. The molecule has 0 heterocycles. The number of aliphatic carboxylic acids is 2. The van der Waals surface area contributed by atoms with Gasteiger partial charge in [0.1, 0.15) is 0 Å². The largest absolute Gasteiger partial charge is 0.479 e. The molecule has 1 rings (SSSR count). The van der Waals surface area contributed by atoms with E-state index < -0.39 is 40.7 Å². The molecule has 6 nitrogen and oxygen atoms in total. The van der Waals surface area contributed by atoms with Gasteiger partial charge in [0.25, 0.3) is 5.54 Å². The quantitative estimate of drug-likeness (QED) is 0.725. The van der Waals surface area contributed by atoms with Gasteiger partial charge in [-0.1, -0.05) is 12.1 Å². The van der Waals surface area contributed by atoms with Crippen LogP contribution in [-0.2, 0) is 26.1 Å². The van der Waals surface area contributed by atoms with Gasteiger partial charge in [-0.15, -0.1) is 0 Å². The highest BCUT2D eigenvalue weighted by Crippen LogP contribution is 2.31. The second kappa shape index (κ2) is 5.43. The van der Waals surface area contributed by atoms with Gasteiger partial charge in [-0.3, -0.25) is 4.79 Å². The summed E-state index contributed by atoms with van der Waals surface area (Å²) in [6.07, 6.45) is -4.65. The second-order valence-corrected chi connectivity index (χ2v) is 4.12. The lowest BCUT2D eigenvalue weighted by Gasteiger charge is -2.26. The molecule has 3 N–H and O–H groups in total. The minimum Gasteiger partial charge on any atom is -0.479 e. The number of carboxylic acids is 2. The number of rotatable bonds is 4. The predicted octanol–water partition coefficient (Wildman–Crippen LogP) is 1.21. The Morgan fingerprint density at radius 2 is 1.33 bits per heavy atom. The maximum Gasteiger partial charge on any atom is 0.416 e. The molecule has 1 amide bonds. The zero-order valence-electron chi connectivity index (χ0n) is 10.6. The van der Waals surface area contributed by atoms with Gasteiger partial charge in [-0.2, -0.15) is 13.2 Å². The molecule has 0 aromatic heterocycles. The van der Waals surface area contributed by atoms with Crippen molar-refractivity contribution in [3.63, 3.8) is 0 Å². The lowest BCUT2D eigenvalue weighted by molar-refractivity contribution is -0.161. The van der Waals surface area contributed by atoms with E-state index in [0.29, 0.717) is 24.3 Å². The fourth-order valence-electron chi connectivity index (χ4n) is 1.69. The molecule has 0 aliphatic heterocycles. The highest BCUT2D eigenvalue weighted by Gasteiger charge is 2.49. The zero-order valence-corrected chi connectivity index (χ0v) is 10.6. The van der Waals surface area contributed by atoms with E-state index in [2.05, 4.69) is 0 Å². The predicted molar refractivity (Wildman–Crippen MR) is 62.2 cm³/mol. The lowest BCUT2D eigenvalue weighted by atomic mass is 9.89. The topological polar surface area (TPSA) is 104 Å². The Balaban J connectivity index is 3.43. The Morgan fingerprint density at radius 3 is 1.62 bits per heavy atom. The number of nitrogens with one attached hydrogen (secondary N) is 1. The fraction of sp³-hybridized carbons (Fsp3) is 0.250. The highest BCUT2D eigenvalue weighted by atomic mass is 19.4. The Hall–Kier alpha value is -2.58. The van der Waals surface area contributed by atoms with Gasteiger partial charge in [0.15, 0.2) is 0 Å². The number of amides is 1. The number of carboxylic acid groups (broad SMARTS) is 2. The van der Waals surface area contributed by atoms with Crippen molar-refractivity contribution < 1.29 is 37.8 Å². The van der Waals surface area contributed by atoms with Gasteiger partial charge in [0, 0.05) is 12.5 Å². The SMILES string of the molecule is CC(=O)NC(C(=O)O)(C(=O)O)c1ccc(C(F)(F)F)cc1. The van der Waals surface area contributed by atoms with E-state index in [1.165, 1.54) is 0 Å². The molecule has 0 saturated carbocycles. The Bertz CT molecular complexity index is 566. The first-order valence-corrected chi connectivity index (χ1v) is 5.45. The van der Waals surface area contributed by atoms with Crippen molar-refractivity contribution >= 4 is 17.8 Å². The van der Waals surface area contributed by atoms with Gasteiger partial charge >= 0.3 is 18.1 Å². The minimum absolute atomic E-state index is 0.509. The Kier molecular flexibility index (Phi) is 4.26. The third kappa shape index (κ3) is 3.12. The molecule has 114 valence electrons. The zero-order chi connectivity index (χ0) is 16.4. The molecule has 0 aliphatic rings. The number of hydrogen-bond acceptors (Lipinski definition) is 3. The van der Waals surface area contributed by atoms with Gasteiger partial charge in [0.05, 0.1) is 5.56 Å². The first-order chi connectivity index (χ1) is 9.51. The fourth-order valence-corrected chi connectivity index (χ4v) is 1.69. The standard InChI is InChI=1S/C12H10F3NO5/c1-6(17)16-11(9(18)19,10(20)21)7-2-4-8(5-3-7)12(13,14)15/h2-5H,1H3,(H,16,17)(H,18,19)(H,20,21). The average molecular weight is 305 g/mol. The van der Waals surface area contributed by atoms with E-state index in [1.807, 2.05) is 0 Å². The first-order valence-electron chi connectivity index (χ1n) is 5.45. The molecule has 9 heteroatoms. The van der Waals surface area contributed by atoms with E-state index in [1.54, 1.807) is 5.32 Å². The molecule has 0 aliphatic carbocycles. The van der Waals surface area contributed by atoms with Crippen LogP contribution in [0.2, 0.25) is 0 Å².